The van der Waals surface area contributed by atoms with Crippen LogP contribution in [0.4, 0.5) is 5.69 Å². The maximum Gasteiger partial charge on any atom is 0.329 e. The average Bonchev–Trinajstić information content (AvgIpc) is 3.02. The lowest BCUT2D eigenvalue weighted by Crippen LogP contribution is -2.38. The summed E-state index contributed by atoms with van der Waals surface area (Å²) in [4.78, 5) is 39.3. The lowest BCUT2D eigenvalue weighted by Gasteiger charge is -2.29. The van der Waals surface area contributed by atoms with Crippen molar-refractivity contribution in [2.45, 2.75) is 32.9 Å². The minimum atomic E-state index is -0.607. The molecule has 0 aliphatic carbocycles. The van der Waals surface area contributed by atoms with Gasteiger partial charge in [-0.2, -0.15) is 0 Å². The van der Waals surface area contributed by atoms with Gasteiger partial charge in [-0.25, -0.2) is 4.79 Å². The van der Waals surface area contributed by atoms with Crippen molar-refractivity contribution in [2.24, 2.45) is 0 Å². The van der Waals surface area contributed by atoms with Crippen LogP contribution >= 0.6 is 0 Å². The van der Waals surface area contributed by atoms with E-state index < -0.39 is 5.97 Å². The van der Waals surface area contributed by atoms with Gasteiger partial charge in [-0.05, 0) is 43.5 Å². The van der Waals surface area contributed by atoms with Gasteiger partial charge in [-0.3, -0.25) is 18.7 Å². The van der Waals surface area contributed by atoms with Crippen LogP contribution < -0.4 is 10.6 Å². The van der Waals surface area contributed by atoms with Crippen LogP contribution in [0.1, 0.15) is 18.9 Å². The molecule has 0 unspecified atom stereocenters. The first-order valence-electron chi connectivity index (χ1n) is 9.82. The first-order chi connectivity index (χ1) is 14.1. The van der Waals surface area contributed by atoms with Gasteiger partial charge in [0.25, 0.3) is 5.91 Å². The largest absolute Gasteiger partial charge is 0.454 e. The fourth-order valence-corrected chi connectivity index (χ4v) is 3.92. The number of hydrogen-bond donors (Lipinski definition) is 0. The van der Waals surface area contributed by atoms with Gasteiger partial charge < -0.3 is 9.64 Å². The van der Waals surface area contributed by atoms with Gasteiger partial charge in [0.05, 0.1) is 11.0 Å². The molecule has 0 saturated heterocycles. The fraction of sp³-hybridized carbons (Fsp3) is 0.318. The van der Waals surface area contributed by atoms with Crippen LogP contribution in [0.25, 0.3) is 11.0 Å². The SMILES string of the molecule is CCn1c(=O)n(CC(=O)OCC(=O)N2CCCc3ccccc32)c2ccccc21. The number of rotatable bonds is 5. The number of benzene rings is 2. The maximum atomic E-state index is 12.6. The summed E-state index contributed by atoms with van der Waals surface area (Å²) in [5.41, 5.74) is 3.18. The summed E-state index contributed by atoms with van der Waals surface area (Å²) < 4.78 is 8.22. The van der Waals surface area contributed by atoms with Gasteiger partial charge >= 0.3 is 11.7 Å². The van der Waals surface area contributed by atoms with Gasteiger partial charge in [0.15, 0.2) is 6.61 Å². The molecule has 2 aromatic carbocycles. The second kappa shape index (κ2) is 7.95. The Hall–Kier alpha value is -3.35. The molecule has 150 valence electrons. The van der Waals surface area contributed by atoms with E-state index in [-0.39, 0.29) is 24.7 Å². The Morgan fingerprint density at radius 2 is 1.69 bits per heavy atom. The van der Waals surface area contributed by atoms with E-state index in [0.717, 1.165) is 29.6 Å². The molecule has 2 heterocycles. The van der Waals surface area contributed by atoms with Crippen LogP contribution in [0.5, 0.6) is 0 Å². The van der Waals surface area contributed by atoms with Crippen molar-refractivity contribution < 1.29 is 14.3 Å². The van der Waals surface area contributed by atoms with Crippen LogP contribution in [0, 0.1) is 0 Å². The number of hydrogen-bond acceptors (Lipinski definition) is 4. The molecule has 3 aromatic rings. The van der Waals surface area contributed by atoms with Gasteiger partial charge in [0.1, 0.15) is 6.54 Å². The average molecular weight is 393 g/mol. The molecule has 1 aromatic heterocycles. The number of carbonyl (C=O) groups is 2. The highest BCUT2D eigenvalue weighted by atomic mass is 16.5. The lowest BCUT2D eigenvalue weighted by molar-refractivity contribution is -0.148. The van der Waals surface area contributed by atoms with Gasteiger partial charge in [0.2, 0.25) is 0 Å². The van der Waals surface area contributed by atoms with Crippen LogP contribution in [-0.4, -0.2) is 34.2 Å². The summed E-state index contributed by atoms with van der Waals surface area (Å²) in [5.74, 6) is -0.862. The summed E-state index contributed by atoms with van der Waals surface area (Å²) in [7, 11) is 0. The standard InChI is InChI=1S/C22H23N3O4/c1-2-23-18-11-5-6-12-19(18)25(22(23)28)14-21(27)29-15-20(26)24-13-7-9-16-8-3-4-10-17(16)24/h3-6,8,10-12H,2,7,9,13-15H2,1H3. The number of imidazole rings is 1. The molecule has 0 fully saturated rings. The summed E-state index contributed by atoms with van der Waals surface area (Å²) in [6.07, 6.45) is 1.81. The second-order valence-corrected chi connectivity index (χ2v) is 7.04. The highest BCUT2D eigenvalue weighted by Gasteiger charge is 2.23. The molecule has 0 spiro atoms. The van der Waals surface area contributed by atoms with Crippen molar-refractivity contribution in [3.63, 3.8) is 0 Å². The molecule has 0 bridgehead atoms. The Morgan fingerprint density at radius 3 is 2.45 bits per heavy atom. The highest BCUT2D eigenvalue weighted by molar-refractivity contribution is 5.96. The first kappa shape index (κ1) is 19.0. The minimum Gasteiger partial charge on any atom is -0.454 e. The fourth-order valence-electron chi connectivity index (χ4n) is 3.92. The van der Waals surface area contributed by atoms with Crippen LogP contribution in [0.15, 0.2) is 53.3 Å². The molecule has 0 saturated carbocycles. The Labute approximate surface area is 168 Å². The molecule has 0 N–H and O–H groups in total. The number of ether oxygens (including phenoxy) is 1. The van der Waals surface area contributed by atoms with Crippen molar-refractivity contribution in [2.75, 3.05) is 18.1 Å². The number of aryl methyl sites for hydroxylation is 2. The number of anilines is 1. The molecule has 7 heteroatoms. The van der Waals surface area contributed by atoms with E-state index in [4.69, 9.17) is 4.74 Å². The highest BCUT2D eigenvalue weighted by Crippen LogP contribution is 2.26. The quantitative estimate of drug-likeness (QED) is 0.624. The first-order valence-corrected chi connectivity index (χ1v) is 9.82. The Kier molecular flexibility index (Phi) is 5.20. The number of esters is 1. The topological polar surface area (TPSA) is 73.5 Å². The van der Waals surface area contributed by atoms with E-state index >= 15 is 0 Å². The van der Waals surface area contributed by atoms with Crippen LogP contribution in [0.2, 0.25) is 0 Å². The number of para-hydroxylation sites is 3. The van der Waals surface area contributed by atoms with Crippen molar-refractivity contribution in [1.82, 2.24) is 9.13 Å². The predicted octanol–water partition coefficient (Wildman–Crippen LogP) is 2.35. The third-order valence-corrected chi connectivity index (χ3v) is 5.30. The summed E-state index contributed by atoms with van der Waals surface area (Å²) in [5, 5.41) is 0. The zero-order valence-electron chi connectivity index (χ0n) is 16.3. The predicted molar refractivity (Wildman–Crippen MR) is 110 cm³/mol. The molecule has 7 nitrogen and oxygen atoms in total. The van der Waals surface area contributed by atoms with E-state index in [2.05, 4.69) is 0 Å². The zero-order chi connectivity index (χ0) is 20.4. The molecule has 0 atom stereocenters. The molecular formula is C22H23N3O4. The monoisotopic (exact) mass is 393 g/mol. The summed E-state index contributed by atoms with van der Waals surface area (Å²) >= 11 is 0. The number of amides is 1. The smallest absolute Gasteiger partial charge is 0.329 e. The molecule has 4 rings (SSSR count). The molecule has 1 amide bonds. The Bertz CT molecular complexity index is 1130. The van der Waals surface area contributed by atoms with Crippen molar-refractivity contribution in [3.8, 4) is 0 Å². The Morgan fingerprint density at radius 1 is 1.00 bits per heavy atom. The zero-order valence-corrected chi connectivity index (χ0v) is 16.3. The molecular weight excluding hydrogens is 370 g/mol. The number of carbonyl (C=O) groups excluding carboxylic acids is 2. The minimum absolute atomic E-state index is 0.226. The molecule has 0 radical (unpaired) electrons. The summed E-state index contributed by atoms with van der Waals surface area (Å²) in [6, 6.07) is 15.1. The van der Waals surface area contributed by atoms with Crippen molar-refractivity contribution in [3.05, 3.63) is 64.6 Å². The van der Waals surface area contributed by atoms with E-state index in [9.17, 15) is 14.4 Å². The van der Waals surface area contributed by atoms with Gasteiger partial charge in [0, 0.05) is 18.8 Å². The van der Waals surface area contributed by atoms with Gasteiger partial charge in [-0.1, -0.05) is 30.3 Å². The second-order valence-electron chi connectivity index (χ2n) is 7.04. The van der Waals surface area contributed by atoms with Gasteiger partial charge in [-0.15, -0.1) is 0 Å². The summed E-state index contributed by atoms with van der Waals surface area (Å²) in [6.45, 7) is 2.43. The van der Waals surface area contributed by atoms with E-state index in [1.54, 1.807) is 15.5 Å². The lowest BCUT2D eigenvalue weighted by atomic mass is 10.0. The normalized spacial score (nSPS) is 13.3. The third kappa shape index (κ3) is 3.55. The third-order valence-electron chi connectivity index (χ3n) is 5.30. The van der Waals surface area contributed by atoms with Crippen LogP contribution in [0.3, 0.4) is 0 Å². The van der Waals surface area contributed by atoms with E-state index in [1.807, 2.05) is 49.4 Å². The number of fused-ring (bicyclic) bond motifs is 2. The number of aromatic nitrogens is 2. The van der Waals surface area contributed by atoms with Crippen molar-refractivity contribution in [1.29, 1.82) is 0 Å². The molecule has 29 heavy (non-hydrogen) atoms. The number of nitrogens with zero attached hydrogens (tertiary/aromatic N) is 3. The van der Waals surface area contributed by atoms with E-state index in [1.165, 1.54) is 4.57 Å². The maximum absolute atomic E-state index is 12.6. The molecule has 1 aliphatic heterocycles. The Balaban J connectivity index is 1.45. The van der Waals surface area contributed by atoms with Crippen molar-refractivity contribution >= 4 is 28.6 Å². The van der Waals surface area contributed by atoms with E-state index in [0.29, 0.717) is 18.6 Å². The van der Waals surface area contributed by atoms with Crippen LogP contribution in [-0.2, 0) is 33.8 Å². The molecule has 1 aliphatic rings.